The molecule has 0 aliphatic heterocycles. The molecule has 3 nitrogen and oxygen atoms in total. The van der Waals surface area contributed by atoms with E-state index in [2.05, 4.69) is 9.72 Å². The number of pyridine rings is 1. The number of carbonyl (C=O) groups is 1. The van der Waals surface area contributed by atoms with Crippen molar-refractivity contribution < 1.29 is 13.9 Å². The van der Waals surface area contributed by atoms with Gasteiger partial charge in [0.1, 0.15) is 5.82 Å². The molecule has 1 heterocycles. The van der Waals surface area contributed by atoms with E-state index in [1.807, 2.05) is 0 Å². The number of ether oxygens (including phenoxy) is 1. The Morgan fingerprint density at radius 3 is 3.06 bits per heavy atom. The maximum absolute atomic E-state index is 13.9. The van der Waals surface area contributed by atoms with Gasteiger partial charge in [0.05, 0.1) is 12.1 Å². The minimum atomic E-state index is -0.292. The monoisotopic (exact) mass is 219 g/mol. The van der Waals surface area contributed by atoms with Gasteiger partial charge in [-0.2, -0.15) is 0 Å². The quantitative estimate of drug-likeness (QED) is 0.583. The van der Waals surface area contributed by atoms with E-state index in [4.69, 9.17) is 0 Å². The molecule has 0 radical (unpaired) electrons. The van der Waals surface area contributed by atoms with Gasteiger partial charge in [-0.1, -0.05) is 6.07 Å². The summed E-state index contributed by atoms with van der Waals surface area (Å²) in [6, 6.07) is 6.80. The van der Waals surface area contributed by atoms with Crippen molar-refractivity contribution in [3.05, 3.63) is 41.8 Å². The molecule has 82 valence electrons. The Kier molecular flexibility index (Phi) is 3.10. The molecule has 0 aliphatic carbocycles. The summed E-state index contributed by atoms with van der Waals surface area (Å²) in [5.41, 5.74) is 1.16. The highest BCUT2D eigenvalue weighted by molar-refractivity contribution is 5.79. The fourth-order valence-electron chi connectivity index (χ4n) is 1.57. The second-order valence-electron chi connectivity index (χ2n) is 3.33. The van der Waals surface area contributed by atoms with Gasteiger partial charge in [0.15, 0.2) is 0 Å². The average Bonchev–Trinajstić information content (AvgIpc) is 2.33. The first-order valence-electron chi connectivity index (χ1n) is 4.90. The highest BCUT2D eigenvalue weighted by atomic mass is 19.1. The third-order valence-corrected chi connectivity index (χ3v) is 2.36. The van der Waals surface area contributed by atoms with E-state index in [1.165, 1.54) is 0 Å². The molecule has 1 aromatic carbocycles. The topological polar surface area (TPSA) is 39.2 Å². The summed E-state index contributed by atoms with van der Waals surface area (Å²) in [5, 5.41) is 0.492. The van der Waals surface area contributed by atoms with Crippen molar-refractivity contribution in [1.82, 2.24) is 4.98 Å². The van der Waals surface area contributed by atoms with E-state index in [0.29, 0.717) is 29.4 Å². The molecule has 1 aromatic heterocycles. The molecule has 0 saturated heterocycles. The van der Waals surface area contributed by atoms with Gasteiger partial charge in [0, 0.05) is 18.0 Å². The van der Waals surface area contributed by atoms with Crippen molar-refractivity contribution in [2.24, 2.45) is 0 Å². The highest BCUT2D eigenvalue weighted by Crippen LogP contribution is 2.19. The first-order chi connectivity index (χ1) is 7.83. The summed E-state index contributed by atoms with van der Waals surface area (Å²) in [7, 11) is 0. The fourth-order valence-corrected chi connectivity index (χ4v) is 1.57. The highest BCUT2D eigenvalue weighted by Gasteiger charge is 2.07. The number of hydrogen-bond acceptors (Lipinski definition) is 3. The Labute approximate surface area is 91.9 Å². The van der Waals surface area contributed by atoms with Crippen LogP contribution in [0.4, 0.5) is 4.39 Å². The van der Waals surface area contributed by atoms with Crippen LogP contribution in [-0.4, -0.2) is 18.1 Å². The molecular weight excluding hydrogens is 209 g/mol. The molecular formula is C12H10FNO2. The van der Waals surface area contributed by atoms with Crippen LogP contribution in [0.15, 0.2) is 30.5 Å². The van der Waals surface area contributed by atoms with E-state index >= 15 is 0 Å². The van der Waals surface area contributed by atoms with E-state index in [1.54, 1.807) is 30.5 Å². The van der Waals surface area contributed by atoms with E-state index in [-0.39, 0.29) is 12.4 Å². The standard InChI is InChI=1S/C12H10FNO2/c13-12-9(5-7-16-8-15)3-4-11-10(12)2-1-6-14-11/h1-4,6,8H,5,7H2. The Balaban J connectivity index is 2.33. The molecule has 0 aliphatic rings. The normalized spacial score (nSPS) is 10.3. The van der Waals surface area contributed by atoms with Crippen molar-refractivity contribution in [3.8, 4) is 0 Å². The lowest BCUT2D eigenvalue weighted by atomic mass is 10.1. The zero-order valence-corrected chi connectivity index (χ0v) is 8.52. The lowest BCUT2D eigenvalue weighted by Gasteiger charge is -2.05. The van der Waals surface area contributed by atoms with Crippen LogP contribution >= 0.6 is 0 Å². The third kappa shape index (κ3) is 2.00. The third-order valence-electron chi connectivity index (χ3n) is 2.36. The SMILES string of the molecule is O=COCCc1ccc2ncccc2c1F. The summed E-state index contributed by atoms with van der Waals surface area (Å²) in [6.07, 6.45) is 1.99. The molecule has 0 spiro atoms. The Bertz CT molecular complexity index is 513. The minimum Gasteiger partial charge on any atom is -0.468 e. The van der Waals surface area contributed by atoms with Gasteiger partial charge >= 0.3 is 0 Å². The Morgan fingerprint density at radius 1 is 1.38 bits per heavy atom. The summed E-state index contributed by atoms with van der Waals surface area (Å²) in [4.78, 5) is 14.0. The number of rotatable bonds is 4. The Morgan fingerprint density at radius 2 is 2.25 bits per heavy atom. The predicted molar refractivity (Wildman–Crippen MR) is 57.4 cm³/mol. The van der Waals surface area contributed by atoms with Crippen LogP contribution in [0.2, 0.25) is 0 Å². The number of benzene rings is 1. The first-order valence-corrected chi connectivity index (χ1v) is 4.90. The van der Waals surface area contributed by atoms with Crippen LogP contribution in [0.1, 0.15) is 5.56 Å². The van der Waals surface area contributed by atoms with Crippen molar-refractivity contribution in [1.29, 1.82) is 0 Å². The Hall–Kier alpha value is -1.97. The van der Waals surface area contributed by atoms with Crippen LogP contribution in [0.3, 0.4) is 0 Å². The maximum Gasteiger partial charge on any atom is 0.293 e. The number of hydrogen-bond donors (Lipinski definition) is 0. The average molecular weight is 219 g/mol. The van der Waals surface area contributed by atoms with E-state index < -0.39 is 0 Å². The predicted octanol–water partition coefficient (Wildman–Crippen LogP) is 2.09. The van der Waals surface area contributed by atoms with Crippen LogP contribution in [0, 0.1) is 5.82 Å². The number of nitrogens with zero attached hydrogens (tertiary/aromatic N) is 1. The minimum absolute atomic E-state index is 0.187. The second-order valence-corrected chi connectivity index (χ2v) is 3.33. The van der Waals surface area contributed by atoms with Gasteiger partial charge in [-0.25, -0.2) is 4.39 Å². The van der Waals surface area contributed by atoms with E-state index in [9.17, 15) is 9.18 Å². The zero-order chi connectivity index (χ0) is 11.4. The number of aromatic nitrogens is 1. The van der Waals surface area contributed by atoms with Gasteiger partial charge in [-0.05, 0) is 23.8 Å². The lowest BCUT2D eigenvalue weighted by Crippen LogP contribution is -2.00. The molecule has 0 N–H and O–H groups in total. The van der Waals surface area contributed by atoms with Gasteiger partial charge in [-0.15, -0.1) is 0 Å². The summed E-state index contributed by atoms with van der Waals surface area (Å²) in [6.45, 7) is 0.548. The smallest absolute Gasteiger partial charge is 0.293 e. The van der Waals surface area contributed by atoms with Crippen molar-refractivity contribution >= 4 is 17.4 Å². The molecule has 0 fully saturated rings. The van der Waals surface area contributed by atoms with Crippen LogP contribution in [-0.2, 0) is 16.0 Å². The molecule has 4 heteroatoms. The second kappa shape index (κ2) is 4.70. The maximum atomic E-state index is 13.9. The van der Waals surface area contributed by atoms with Gasteiger partial charge in [0.25, 0.3) is 6.47 Å². The lowest BCUT2D eigenvalue weighted by molar-refractivity contribution is -0.128. The van der Waals surface area contributed by atoms with E-state index in [0.717, 1.165) is 0 Å². The van der Waals surface area contributed by atoms with Crippen molar-refractivity contribution in [2.45, 2.75) is 6.42 Å². The van der Waals surface area contributed by atoms with Crippen LogP contribution in [0.5, 0.6) is 0 Å². The molecule has 0 amide bonds. The first kappa shape index (κ1) is 10.5. The molecule has 0 unspecified atom stereocenters. The summed E-state index contributed by atoms with van der Waals surface area (Å²) in [5.74, 6) is -0.292. The number of fused-ring (bicyclic) bond motifs is 1. The summed E-state index contributed by atoms with van der Waals surface area (Å²) >= 11 is 0. The van der Waals surface area contributed by atoms with Gasteiger partial charge in [0.2, 0.25) is 0 Å². The number of halogens is 1. The van der Waals surface area contributed by atoms with Crippen LogP contribution < -0.4 is 0 Å². The molecule has 16 heavy (non-hydrogen) atoms. The largest absolute Gasteiger partial charge is 0.468 e. The van der Waals surface area contributed by atoms with Crippen molar-refractivity contribution in [2.75, 3.05) is 6.61 Å². The van der Waals surface area contributed by atoms with Gasteiger partial charge in [-0.3, -0.25) is 9.78 Å². The van der Waals surface area contributed by atoms with Gasteiger partial charge < -0.3 is 4.74 Å². The molecule has 0 saturated carbocycles. The zero-order valence-electron chi connectivity index (χ0n) is 8.52. The molecule has 2 rings (SSSR count). The molecule has 0 bridgehead atoms. The number of carbonyl (C=O) groups excluding carboxylic acids is 1. The van der Waals surface area contributed by atoms with Crippen molar-refractivity contribution in [3.63, 3.8) is 0 Å². The summed E-state index contributed by atoms with van der Waals surface area (Å²) < 4.78 is 18.5. The van der Waals surface area contributed by atoms with Crippen LogP contribution in [0.25, 0.3) is 10.9 Å². The molecule has 0 atom stereocenters. The fraction of sp³-hybridized carbons (Fsp3) is 0.167. The molecule has 2 aromatic rings.